The summed E-state index contributed by atoms with van der Waals surface area (Å²) in [6, 6.07) is 2.61. The van der Waals surface area contributed by atoms with E-state index in [0.29, 0.717) is 18.5 Å². The Morgan fingerprint density at radius 3 is 2.72 bits per heavy atom. The molecule has 5 nitrogen and oxygen atoms in total. The summed E-state index contributed by atoms with van der Waals surface area (Å²) in [5, 5.41) is 7.71. The number of fused-ring (bicyclic) bond motifs is 1. The van der Waals surface area contributed by atoms with Gasteiger partial charge in [-0.05, 0) is 37.1 Å². The summed E-state index contributed by atoms with van der Waals surface area (Å²) >= 11 is 1.85. The van der Waals surface area contributed by atoms with Gasteiger partial charge in [-0.25, -0.2) is 4.79 Å². The van der Waals surface area contributed by atoms with Crippen molar-refractivity contribution in [3.8, 4) is 0 Å². The molecule has 2 atom stereocenters. The van der Waals surface area contributed by atoms with Crippen LogP contribution < -0.4 is 15.5 Å². The first-order valence-corrected chi connectivity index (χ1v) is 10.6. The maximum atomic E-state index is 12.4. The average molecular weight is 363 g/mol. The van der Waals surface area contributed by atoms with Crippen LogP contribution in [0.15, 0.2) is 11.4 Å². The predicted molar refractivity (Wildman–Crippen MR) is 97.7 cm³/mol. The summed E-state index contributed by atoms with van der Waals surface area (Å²) in [6.45, 7) is 1.39. The monoisotopic (exact) mass is 362 g/mol. The van der Waals surface area contributed by atoms with Crippen molar-refractivity contribution in [3.63, 3.8) is 0 Å². The summed E-state index contributed by atoms with van der Waals surface area (Å²) < 4.78 is 0. The lowest BCUT2D eigenvalue weighted by Crippen LogP contribution is -3.14. The van der Waals surface area contributed by atoms with Gasteiger partial charge in [-0.1, -0.05) is 19.3 Å². The van der Waals surface area contributed by atoms with Crippen molar-refractivity contribution in [2.75, 3.05) is 13.1 Å². The molecule has 2 heterocycles. The molecule has 3 N–H and O–H groups in total. The maximum absolute atomic E-state index is 12.4. The third kappa shape index (κ3) is 4.06. The van der Waals surface area contributed by atoms with E-state index >= 15 is 0 Å². The standard InChI is InChI=1S/C19H27N3O2S/c23-17(21-19(24)20-14-4-2-1-3-5-14)12-22-10-8-16-15(9-11-25-16)18(22)13-6-7-13/h9,11,13-14,18H,1-8,10,12H2,(H2,20,21,23,24)/p+1/t18-/m0/s1. The van der Waals surface area contributed by atoms with Gasteiger partial charge in [0.25, 0.3) is 5.91 Å². The van der Waals surface area contributed by atoms with Gasteiger partial charge in [-0.2, -0.15) is 0 Å². The number of thiophene rings is 1. The van der Waals surface area contributed by atoms with Crippen LogP contribution in [0.3, 0.4) is 0 Å². The molecule has 3 amide bonds. The molecule has 6 heteroatoms. The third-order valence-corrected chi connectivity index (χ3v) is 6.90. The Bertz CT molecular complexity index is 634. The van der Waals surface area contributed by atoms with Crippen LogP contribution in [0.1, 0.15) is 61.4 Å². The van der Waals surface area contributed by atoms with E-state index in [4.69, 9.17) is 0 Å². The van der Waals surface area contributed by atoms with Crippen LogP contribution in [0, 0.1) is 5.92 Å². The quantitative estimate of drug-likeness (QED) is 0.765. The first-order chi connectivity index (χ1) is 12.2. The van der Waals surface area contributed by atoms with E-state index in [1.165, 1.54) is 47.4 Å². The van der Waals surface area contributed by atoms with Gasteiger partial charge in [0.1, 0.15) is 6.04 Å². The van der Waals surface area contributed by atoms with Crippen LogP contribution in [0.5, 0.6) is 0 Å². The van der Waals surface area contributed by atoms with Crippen molar-refractivity contribution in [1.82, 2.24) is 10.6 Å². The number of urea groups is 1. The smallest absolute Gasteiger partial charge is 0.321 e. The highest BCUT2D eigenvalue weighted by atomic mass is 32.1. The van der Waals surface area contributed by atoms with Gasteiger partial charge < -0.3 is 10.2 Å². The van der Waals surface area contributed by atoms with E-state index in [0.717, 1.165) is 25.8 Å². The topological polar surface area (TPSA) is 62.6 Å². The molecule has 25 heavy (non-hydrogen) atoms. The Hall–Kier alpha value is -1.40. The lowest BCUT2D eigenvalue weighted by Gasteiger charge is -2.32. The van der Waals surface area contributed by atoms with Crippen molar-refractivity contribution >= 4 is 23.3 Å². The average Bonchev–Trinajstić information content (AvgIpc) is 3.31. The molecule has 1 aliphatic heterocycles. The second-order valence-electron chi connectivity index (χ2n) is 7.81. The lowest BCUT2D eigenvalue weighted by atomic mass is 9.96. The number of imide groups is 1. The fourth-order valence-corrected chi connectivity index (χ4v) is 5.47. The molecule has 2 saturated carbocycles. The largest absolute Gasteiger partial charge is 0.335 e. The normalized spacial score (nSPS) is 26.7. The number of carbonyl (C=O) groups excluding carboxylic acids is 2. The van der Waals surface area contributed by atoms with Gasteiger partial charge in [0.05, 0.1) is 6.54 Å². The molecule has 0 spiro atoms. The van der Waals surface area contributed by atoms with E-state index in [1.807, 2.05) is 11.3 Å². The first-order valence-electron chi connectivity index (χ1n) is 9.72. The summed E-state index contributed by atoms with van der Waals surface area (Å²) in [5.41, 5.74) is 1.45. The predicted octanol–water partition coefficient (Wildman–Crippen LogP) is 1.80. The van der Waals surface area contributed by atoms with E-state index < -0.39 is 0 Å². The van der Waals surface area contributed by atoms with Crippen LogP contribution >= 0.6 is 11.3 Å². The zero-order valence-corrected chi connectivity index (χ0v) is 15.5. The van der Waals surface area contributed by atoms with Gasteiger partial charge in [0.15, 0.2) is 6.54 Å². The molecule has 4 rings (SSSR count). The van der Waals surface area contributed by atoms with E-state index in [9.17, 15) is 9.59 Å². The minimum Gasteiger partial charge on any atom is -0.335 e. The Morgan fingerprint density at radius 2 is 1.96 bits per heavy atom. The molecule has 1 aromatic heterocycles. The molecular formula is C19H28N3O2S+. The van der Waals surface area contributed by atoms with E-state index in [2.05, 4.69) is 22.1 Å². The molecule has 0 radical (unpaired) electrons. The van der Waals surface area contributed by atoms with Gasteiger partial charge in [0.2, 0.25) is 0 Å². The van der Waals surface area contributed by atoms with Crippen molar-refractivity contribution in [3.05, 3.63) is 21.9 Å². The first kappa shape index (κ1) is 17.0. The Balaban J connectivity index is 1.32. The van der Waals surface area contributed by atoms with Gasteiger partial charge in [-0.3, -0.25) is 10.1 Å². The number of amides is 3. The van der Waals surface area contributed by atoms with Crippen LogP contribution in [0.4, 0.5) is 4.79 Å². The fraction of sp³-hybridized carbons (Fsp3) is 0.684. The van der Waals surface area contributed by atoms with Crippen molar-refractivity contribution in [1.29, 1.82) is 0 Å². The van der Waals surface area contributed by atoms with Crippen molar-refractivity contribution < 1.29 is 14.5 Å². The van der Waals surface area contributed by atoms with Gasteiger partial charge >= 0.3 is 6.03 Å². The molecular weight excluding hydrogens is 334 g/mol. The molecule has 2 aliphatic carbocycles. The molecule has 0 aromatic carbocycles. The summed E-state index contributed by atoms with van der Waals surface area (Å²) in [6.07, 6.45) is 9.25. The summed E-state index contributed by atoms with van der Waals surface area (Å²) in [4.78, 5) is 27.3. The number of rotatable bonds is 4. The highest BCUT2D eigenvalue weighted by molar-refractivity contribution is 7.10. The highest BCUT2D eigenvalue weighted by Gasteiger charge is 2.43. The molecule has 1 aromatic rings. The lowest BCUT2D eigenvalue weighted by molar-refractivity contribution is -0.928. The Kier molecular flexibility index (Phi) is 5.08. The zero-order valence-electron chi connectivity index (χ0n) is 14.7. The Morgan fingerprint density at radius 1 is 1.16 bits per heavy atom. The SMILES string of the molecule is O=C(C[NH+]1CCc2sccc2[C@@H]1C1CC1)NC(=O)NC1CCCCC1. The van der Waals surface area contributed by atoms with Gasteiger partial charge in [-0.15, -0.1) is 11.3 Å². The van der Waals surface area contributed by atoms with E-state index in [1.54, 1.807) is 0 Å². The summed E-state index contributed by atoms with van der Waals surface area (Å²) in [5.74, 6) is 0.570. The molecule has 136 valence electrons. The van der Waals surface area contributed by atoms with Gasteiger partial charge in [0, 0.05) is 28.8 Å². The number of hydrogen-bond acceptors (Lipinski definition) is 3. The fourth-order valence-electron chi connectivity index (χ4n) is 4.54. The minimum atomic E-state index is -0.312. The van der Waals surface area contributed by atoms with Crippen molar-refractivity contribution in [2.45, 2.75) is 63.5 Å². The van der Waals surface area contributed by atoms with Crippen LogP contribution in [-0.2, 0) is 11.2 Å². The molecule has 3 aliphatic rings. The molecule has 0 bridgehead atoms. The van der Waals surface area contributed by atoms with E-state index in [-0.39, 0.29) is 18.0 Å². The second-order valence-corrected chi connectivity index (χ2v) is 8.81. The number of hydrogen-bond donors (Lipinski definition) is 3. The number of carbonyl (C=O) groups is 2. The molecule has 1 unspecified atom stereocenters. The maximum Gasteiger partial charge on any atom is 0.321 e. The zero-order chi connectivity index (χ0) is 17.2. The second kappa shape index (κ2) is 7.46. The van der Waals surface area contributed by atoms with Crippen LogP contribution in [0.2, 0.25) is 0 Å². The Labute approximate surface area is 153 Å². The highest BCUT2D eigenvalue weighted by Crippen LogP contribution is 2.42. The summed E-state index contributed by atoms with van der Waals surface area (Å²) in [7, 11) is 0. The number of nitrogens with one attached hydrogen (secondary N) is 3. The van der Waals surface area contributed by atoms with Crippen molar-refractivity contribution in [2.24, 2.45) is 5.92 Å². The molecule has 0 saturated heterocycles. The minimum absolute atomic E-state index is 0.146. The van der Waals surface area contributed by atoms with Crippen LogP contribution in [0.25, 0.3) is 0 Å². The van der Waals surface area contributed by atoms with Crippen LogP contribution in [-0.4, -0.2) is 31.1 Å². The third-order valence-electron chi connectivity index (χ3n) is 5.90. The molecule has 2 fully saturated rings. The number of quaternary nitrogens is 1.